The van der Waals surface area contributed by atoms with Crippen LogP contribution in [0.4, 0.5) is 11.6 Å². The molecule has 0 aromatic carbocycles. The minimum absolute atomic E-state index is 0.489. The normalized spacial score (nSPS) is 10.8. The summed E-state index contributed by atoms with van der Waals surface area (Å²) < 4.78 is 5.55. The van der Waals surface area contributed by atoms with E-state index in [2.05, 4.69) is 27.2 Å². The molecule has 0 saturated carbocycles. The highest BCUT2D eigenvalue weighted by Crippen LogP contribution is 2.18. The second kappa shape index (κ2) is 6.36. The van der Waals surface area contributed by atoms with Crippen molar-refractivity contribution in [1.82, 2.24) is 15.0 Å². The van der Waals surface area contributed by atoms with Crippen LogP contribution in [0.15, 0.2) is 10.6 Å². The van der Waals surface area contributed by atoms with Gasteiger partial charge in [0.15, 0.2) is 0 Å². The van der Waals surface area contributed by atoms with E-state index in [0.717, 1.165) is 42.2 Å². The van der Waals surface area contributed by atoms with Gasteiger partial charge >= 0.3 is 0 Å². The molecule has 0 fully saturated rings. The van der Waals surface area contributed by atoms with Gasteiger partial charge in [-0.15, -0.1) is 0 Å². The van der Waals surface area contributed by atoms with Crippen LogP contribution in [-0.4, -0.2) is 15.0 Å². The molecule has 0 saturated heterocycles. The smallest absolute Gasteiger partial charge is 0.213 e. The van der Waals surface area contributed by atoms with Crippen molar-refractivity contribution in [2.75, 3.05) is 11.1 Å². The lowest BCUT2D eigenvalue weighted by molar-refractivity contribution is 0.465. The molecule has 2 aromatic rings. The summed E-state index contributed by atoms with van der Waals surface area (Å²) in [7, 11) is 0. The van der Waals surface area contributed by atoms with Gasteiger partial charge < -0.3 is 15.5 Å². The molecule has 0 radical (unpaired) electrons. The molecule has 0 aliphatic rings. The maximum Gasteiger partial charge on any atom is 0.213 e. The lowest BCUT2D eigenvalue weighted by atomic mass is 10.2. The van der Waals surface area contributed by atoms with Crippen molar-refractivity contribution in [2.45, 2.75) is 46.6 Å². The Morgan fingerprint density at radius 2 is 2.10 bits per heavy atom. The van der Waals surface area contributed by atoms with Gasteiger partial charge in [-0.1, -0.05) is 13.8 Å². The van der Waals surface area contributed by atoms with Crippen LogP contribution in [0.2, 0.25) is 0 Å². The number of nitrogens with one attached hydrogen (secondary N) is 1. The number of oxazole rings is 1. The maximum atomic E-state index is 5.92. The molecule has 0 aliphatic carbocycles. The molecule has 0 unspecified atom stereocenters. The molecule has 0 atom stereocenters. The third kappa shape index (κ3) is 3.26. The Balaban J connectivity index is 2.11. The van der Waals surface area contributed by atoms with E-state index in [1.807, 2.05) is 13.8 Å². The number of hydrogen-bond acceptors (Lipinski definition) is 6. The zero-order chi connectivity index (χ0) is 14.5. The predicted octanol–water partition coefficient (Wildman–Crippen LogP) is 2.48. The molecule has 20 heavy (non-hydrogen) atoms. The van der Waals surface area contributed by atoms with E-state index >= 15 is 0 Å². The van der Waals surface area contributed by atoms with Crippen molar-refractivity contribution in [3.63, 3.8) is 0 Å². The van der Waals surface area contributed by atoms with Crippen molar-refractivity contribution in [2.24, 2.45) is 0 Å². The number of nitrogen functional groups attached to an aromatic ring is 1. The fourth-order valence-electron chi connectivity index (χ4n) is 1.84. The van der Waals surface area contributed by atoms with Crippen LogP contribution in [0.5, 0.6) is 0 Å². The highest BCUT2D eigenvalue weighted by molar-refractivity contribution is 5.54. The van der Waals surface area contributed by atoms with Crippen LogP contribution in [0.3, 0.4) is 0 Å². The number of anilines is 2. The molecule has 6 heteroatoms. The Morgan fingerprint density at radius 3 is 2.75 bits per heavy atom. The summed E-state index contributed by atoms with van der Waals surface area (Å²) in [5.41, 5.74) is 6.77. The standard InChI is InChI=1S/C14H21N5O/c1-4-6-11-18-13(15)9(3)14(19-11)17-8-12-16-7-10(5-2)20-12/h7H,4-6,8H2,1-3H3,(H3,15,17,18,19). The average molecular weight is 275 g/mol. The van der Waals surface area contributed by atoms with Gasteiger partial charge in [0, 0.05) is 18.4 Å². The van der Waals surface area contributed by atoms with Crippen LogP contribution in [0.1, 0.15) is 43.3 Å². The Hall–Kier alpha value is -2.11. The van der Waals surface area contributed by atoms with E-state index in [-0.39, 0.29) is 0 Å². The summed E-state index contributed by atoms with van der Waals surface area (Å²) in [6.45, 7) is 6.51. The maximum absolute atomic E-state index is 5.92. The lowest BCUT2D eigenvalue weighted by Gasteiger charge is -2.10. The monoisotopic (exact) mass is 275 g/mol. The Morgan fingerprint density at radius 1 is 1.30 bits per heavy atom. The Bertz CT molecular complexity index is 579. The predicted molar refractivity (Wildman–Crippen MR) is 78.4 cm³/mol. The van der Waals surface area contributed by atoms with Crippen LogP contribution in [0.25, 0.3) is 0 Å². The fraction of sp³-hybridized carbons (Fsp3) is 0.500. The second-order valence-electron chi connectivity index (χ2n) is 4.68. The van der Waals surface area contributed by atoms with Gasteiger partial charge in [-0.05, 0) is 13.3 Å². The molecule has 0 bridgehead atoms. The van der Waals surface area contributed by atoms with Crippen LogP contribution >= 0.6 is 0 Å². The van der Waals surface area contributed by atoms with E-state index < -0.39 is 0 Å². The van der Waals surface area contributed by atoms with Gasteiger partial charge in [-0.2, -0.15) is 0 Å². The van der Waals surface area contributed by atoms with E-state index in [0.29, 0.717) is 18.3 Å². The van der Waals surface area contributed by atoms with Crippen LogP contribution in [-0.2, 0) is 19.4 Å². The van der Waals surface area contributed by atoms with Crippen molar-refractivity contribution in [1.29, 1.82) is 0 Å². The van der Waals surface area contributed by atoms with Gasteiger partial charge in [0.1, 0.15) is 23.2 Å². The highest BCUT2D eigenvalue weighted by Gasteiger charge is 2.09. The zero-order valence-electron chi connectivity index (χ0n) is 12.2. The minimum atomic E-state index is 0.489. The number of nitrogens with two attached hydrogens (primary N) is 1. The van der Waals surface area contributed by atoms with E-state index in [1.54, 1.807) is 6.20 Å². The summed E-state index contributed by atoms with van der Waals surface area (Å²) in [6.07, 6.45) is 4.40. The number of rotatable bonds is 6. The van der Waals surface area contributed by atoms with E-state index in [4.69, 9.17) is 10.2 Å². The second-order valence-corrected chi connectivity index (χ2v) is 4.68. The van der Waals surface area contributed by atoms with Gasteiger partial charge in [0.25, 0.3) is 0 Å². The molecule has 2 rings (SSSR count). The molecular formula is C14H21N5O. The number of aryl methyl sites for hydroxylation is 2. The molecular weight excluding hydrogens is 254 g/mol. The highest BCUT2D eigenvalue weighted by atomic mass is 16.4. The third-order valence-electron chi connectivity index (χ3n) is 3.06. The number of nitrogens with zero attached hydrogens (tertiary/aromatic N) is 3. The largest absolute Gasteiger partial charge is 0.444 e. The lowest BCUT2D eigenvalue weighted by Crippen LogP contribution is -2.09. The first-order valence-electron chi connectivity index (χ1n) is 6.94. The number of hydrogen-bond donors (Lipinski definition) is 2. The molecule has 2 heterocycles. The van der Waals surface area contributed by atoms with Gasteiger partial charge in [0.2, 0.25) is 5.89 Å². The Labute approximate surface area is 118 Å². The zero-order valence-corrected chi connectivity index (χ0v) is 12.2. The number of aromatic nitrogens is 3. The van der Waals surface area contributed by atoms with Gasteiger partial charge in [-0.3, -0.25) is 0 Å². The summed E-state index contributed by atoms with van der Waals surface area (Å²) in [4.78, 5) is 13.0. The fourth-order valence-corrected chi connectivity index (χ4v) is 1.84. The molecule has 0 spiro atoms. The Kier molecular flexibility index (Phi) is 4.55. The van der Waals surface area contributed by atoms with Gasteiger partial charge in [-0.25, -0.2) is 15.0 Å². The summed E-state index contributed by atoms with van der Waals surface area (Å²) in [5.74, 6) is 3.56. The molecule has 2 aromatic heterocycles. The molecule has 0 aliphatic heterocycles. The summed E-state index contributed by atoms with van der Waals surface area (Å²) in [6, 6.07) is 0. The van der Waals surface area contributed by atoms with E-state index in [9.17, 15) is 0 Å². The molecule has 6 nitrogen and oxygen atoms in total. The average Bonchev–Trinajstić information content (AvgIpc) is 2.89. The summed E-state index contributed by atoms with van der Waals surface area (Å²) in [5, 5.41) is 3.22. The van der Waals surface area contributed by atoms with Crippen molar-refractivity contribution >= 4 is 11.6 Å². The quantitative estimate of drug-likeness (QED) is 0.841. The van der Waals surface area contributed by atoms with Crippen LogP contribution < -0.4 is 11.1 Å². The molecule has 108 valence electrons. The first-order valence-corrected chi connectivity index (χ1v) is 6.94. The summed E-state index contributed by atoms with van der Waals surface area (Å²) >= 11 is 0. The molecule has 3 N–H and O–H groups in total. The molecule has 0 amide bonds. The third-order valence-corrected chi connectivity index (χ3v) is 3.06. The van der Waals surface area contributed by atoms with Crippen molar-refractivity contribution in [3.8, 4) is 0 Å². The van der Waals surface area contributed by atoms with Gasteiger partial charge in [0.05, 0.1) is 12.7 Å². The van der Waals surface area contributed by atoms with Crippen LogP contribution in [0, 0.1) is 6.92 Å². The first-order chi connectivity index (χ1) is 9.63. The SMILES string of the molecule is CCCc1nc(N)c(C)c(NCc2ncc(CC)o2)n1. The van der Waals surface area contributed by atoms with E-state index in [1.165, 1.54) is 0 Å². The minimum Gasteiger partial charge on any atom is -0.444 e. The van der Waals surface area contributed by atoms with Crippen molar-refractivity contribution < 1.29 is 4.42 Å². The van der Waals surface area contributed by atoms with Crippen molar-refractivity contribution in [3.05, 3.63) is 29.2 Å². The topological polar surface area (TPSA) is 89.9 Å². The first kappa shape index (κ1) is 14.3.